The molecule has 3 unspecified atom stereocenters. The molecule has 2 heterocycles. The van der Waals surface area contributed by atoms with E-state index in [0.717, 1.165) is 18.8 Å². The summed E-state index contributed by atoms with van der Waals surface area (Å²) in [5.74, 6) is 1.40. The van der Waals surface area contributed by atoms with E-state index in [0.29, 0.717) is 18.0 Å². The lowest BCUT2D eigenvalue weighted by molar-refractivity contribution is -0.0497. The van der Waals surface area contributed by atoms with Gasteiger partial charge in [-0.2, -0.15) is 0 Å². The number of nitrogens with two attached hydrogens (primary N) is 1. The first kappa shape index (κ1) is 12.9. The van der Waals surface area contributed by atoms with Crippen molar-refractivity contribution < 1.29 is 5.11 Å². The van der Waals surface area contributed by atoms with E-state index in [1.54, 1.807) is 0 Å². The molecule has 3 nitrogen and oxygen atoms in total. The summed E-state index contributed by atoms with van der Waals surface area (Å²) in [5, 5.41) is 14.6. The zero-order valence-electron chi connectivity index (χ0n) is 11.6. The molecule has 0 aromatic carbocycles. The molecule has 0 spiro atoms. The van der Waals surface area contributed by atoms with E-state index in [1.165, 1.54) is 38.5 Å². The van der Waals surface area contributed by atoms with E-state index in [-0.39, 0.29) is 6.04 Å². The fourth-order valence-corrected chi connectivity index (χ4v) is 4.52. The summed E-state index contributed by atoms with van der Waals surface area (Å²) < 4.78 is 0. The molecule has 3 atom stereocenters. The number of hydrogen-bond donors (Lipinski definition) is 3. The van der Waals surface area contributed by atoms with Gasteiger partial charge in [0.1, 0.15) is 0 Å². The Bertz CT molecular complexity index is 287. The van der Waals surface area contributed by atoms with E-state index in [1.807, 2.05) is 0 Å². The van der Waals surface area contributed by atoms with Crippen LogP contribution in [-0.4, -0.2) is 28.8 Å². The van der Waals surface area contributed by atoms with Gasteiger partial charge in [0.2, 0.25) is 0 Å². The van der Waals surface area contributed by atoms with Gasteiger partial charge in [-0.05, 0) is 50.4 Å². The lowest BCUT2D eigenvalue weighted by Gasteiger charge is -2.45. The van der Waals surface area contributed by atoms with Crippen molar-refractivity contribution in [3.8, 4) is 0 Å². The summed E-state index contributed by atoms with van der Waals surface area (Å²) in [6.07, 6.45) is 9.20. The number of nitrogens with one attached hydrogen (secondary N) is 1. The maximum atomic E-state index is 11.0. The third-order valence-corrected chi connectivity index (χ3v) is 5.72. The minimum atomic E-state index is -0.595. The predicted octanol–water partition coefficient (Wildman–Crippen LogP) is 1.79. The second-order valence-electron chi connectivity index (χ2n) is 7.20. The molecule has 3 fully saturated rings. The fraction of sp³-hybridized carbons (Fsp3) is 1.00. The molecule has 1 saturated carbocycles. The normalized spacial score (nSPS) is 50.2. The predicted molar refractivity (Wildman–Crippen MR) is 73.2 cm³/mol. The highest BCUT2D eigenvalue weighted by molar-refractivity contribution is 5.06. The van der Waals surface area contributed by atoms with Crippen LogP contribution < -0.4 is 11.1 Å². The quantitative estimate of drug-likeness (QED) is 0.702. The fourth-order valence-electron chi connectivity index (χ4n) is 4.52. The van der Waals surface area contributed by atoms with Crippen LogP contribution in [0.15, 0.2) is 0 Å². The summed E-state index contributed by atoms with van der Waals surface area (Å²) in [4.78, 5) is 0. The van der Waals surface area contributed by atoms with Crippen molar-refractivity contribution in [1.82, 2.24) is 5.32 Å². The highest BCUT2D eigenvalue weighted by Gasteiger charge is 2.48. The van der Waals surface area contributed by atoms with Crippen LogP contribution in [0.1, 0.15) is 58.3 Å². The van der Waals surface area contributed by atoms with Gasteiger partial charge < -0.3 is 16.2 Å². The smallest absolute Gasteiger partial charge is 0.0830 e. The van der Waals surface area contributed by atoms with Crippen molar-refractivity contribution in [2.24, 2.45) is 17.6 Å². The zero-order chi connectivity index (χ0) is 12.8. The van der Waals surface area contributed by atoms with Crippen LogP contribution >= 0.6 is 0 Å². The first-order valence-corrected chi connectivity index (χ1v) is 7.81. The SMILES string of the molecule is CC1CCC(C(N)C2(O)CC3CCC(C2)N3)CC1. The van der Waals surface area contributed by atoms with Gasteiger partial charge in [0.15, 0.2) is 0 Å². The van der Waals surface area contributed by atoms with Crippen molar-refractivity contribution in [2.75, 3.05) is 0 Å². The van der Waals surface area contributed by atoms with Gasteiger partial charge in [-0.25, -0.2) is 0 Å². The van der Waals surface area contributed by atoms with E-state index in [4.69, 9.17) is 5.73 Å². The monoisotopic (exact) mass is 252 g/mol. The zero-order valence-corrected chi connectivity index (χ0v) is 11.6. The molecule has 2 saturated heterocycles. The van der Waals surface area contributed by atoms with Crippen molar-refractivity contribution in [3.63, 3.8) is 0 Å². The maximum absolute atomic E-state index is 11.0. The summed E-state index contributed by atoms with van der Waals surface area (Å²) >= 11 is 0. The van der Waals surface area contributed by atoms with E-state index in [9.17, 15) is 5.11 Å². The van der Waals surface area contributed by atoms with Gasteiger partial charge in [-0.1, -0.05) is 19.8 Å². The number of piperidine rings is 1. The third-order valence-electron chi connectivity index (χ3n) is 5.72. The van der Waals surface area contributed by atoms with E-state index >= 15 is 0 Å². The van der Waals surface area contributed by atoms with Gasteiger partial charge in [0, 0.05) is 18.1 Å². The average molecular weight is 252 g/mol. The Morgan fingerprint density at radius 2 is 1.61 bits per heavy atom. The molecule has 1 aliphatic carbocycles. The highest BCUT2D eigenvalue weighted by atomic mass is 16.3. The minimum Gasteiger partial charge on any atom is -0.388 e. The Balaban J connectivity index is 1.66. The summed E-state index contributed by atoms with van der Waals surface area (Å²) in [5.41, 5.74) is 5.88. The molecular formula is C15H28N2O. The second kappa shape index (κ2) is 4.77. The summed E-state index contributed by atoms with van der Waals surface area (Å²) in [6, 6.07) is 1.03. The van der Waals surface area contributed by atoms with Gasteiger partial charge in [0.05, 0.1) is 5.60 Å². The molecule has 0 radical (unpaired) electrons. The second-order valence-corrected chi connectivity index (χ2v) is 7.20. The molecule has 3 rings (SSSR count). The number of rotatable bonds is 2. The molecule has 3 aliphatic rings. The van der Waals surface area contributed by atoms with E-state index in [2.05, 4.69) is 12.2 Å². The van der Waals surface area contributed by atoms with Crippen molar-refractivity contribution in [1.29, 1.82) is 0 Å². The number of hydrogen-bond acceptors (Lipinski definition) is 3. The van der Waals surface area contributed by atoms with Crippen molar-refractivity contribution in [3.05, 3.63) is 0 Å². The molecule has 18 heavy (non-hydrogen) atoms. The van der Waals surface area contributed by atoms with Crippen LogP contribution in [-0.2, 0) is 0 Å². The van der Waals surface area contributed by atoms with Crippen LogP contribution in [0, 0.1) is 11.8 Å². The lowest BCUT2D eigenvalue weighted by Crippen LogP contribution is -2.60. The molecular weight excluding hydrogens is 224 g/mol. The Hall–Kier alpha value is -0.120. The minimum absolute atomic E-state index is 0.00444. The van der Waals surface area contributed by atoms with Crippen LogP contribution in [0.25, 0.3) is 0 Å². The average Bonchev–Trinajstić information content (AvgIpc) is 2.69. The molecule has 2 bridgehead atoms. The molecule has 0 aromatic rings. The Labute approximate surface area is 111 Å². The third kappa shape index (κ3) is 2.33. The van der Waals surface area contributed by atoms with Crippen LogP contribution in [0.2, 0.25) is 0 Å². The van der Waals surface area contributed by atoms with Gasteiger partial charge in [0.25, 0.3) is 0 Å². The molecule has 2 aliphatic heterocycles. The van der Waals surface area contributed by atoms with Gasteiger partial charge >= 0.3 is 0 Å². The summed E-state index contributed by atoms with van der Waals surface area (Å²) in [6.45, 7) is 2.33. The standard InChI is InChI=1S/C15H28N2O/c1-10-2-4-11(5-3-10)14(16)15(18)8-12-6-7-13(9-15)17-12/h10-14,17-18H,2-9,16H2,1H3. The molecule has 3 heteroatoms. The lowest BCUT2D eigenvalue weighted by atomic mass is 9.70. The van der Waals surface area contributed by atoms with E-state index < -0.39 is 5.60 Å². The Morgan fingerprint density at radius 1 is 1.06 bits per heavy atom. The Morgan fingerprint density at radius 3 is 2.17 bits per heavy atom. The van der Waals surface area contributed by atoms with Crippen molar-refractivity contribution in [2.45, 2.75) is 82.0 Å². The first-order chi connectivity index (χ1) is 8.57. The van der Waals surface area contributed by atoms with Gasteiger partial charge in [-0.3, -0.25) is 0 Å². The largest absolute Gasteiger partial charge is 0.388 e. The Kier molecular flexibility index (Phi) is 3.41. The molecule has 0 amide bonds. The summed E-state index contributed by atoms with van der Waals surface area (Å²) in [7, 11) is 0. The van der Waals surface area contributed by atoms with Crippen molar-refractivity contribution >= 4 is 0 Å². The molecule has 104 valence electrons. The number of aliphatic hydroxyl groups is 1. The van der Waals surface area contributed by atoms with Crippen LogP contribution in [0.3, 0.4) is 0 Å². The van der Waals surface area contributed by atoms with Crippen LogP contribution in [0.5, 0.6) is 0 Å². The first-order valence-electron chi connectivity index (χ1n) is 7.81. The molecule has 0 aromatic heterocycles. The molecule has 4 N–H and O–H groups in total. The maximum Gasteiger partial charge on any atom is 0.0830 e. The number of fused-ring (bicyclic) bond motifs is 2. The van der Waals surface area contributed by atoms with Crippen LogP contribution in [0.4, 0.5) is 0 Å². The highest BCUT2D eigenvalue weighted by Crippen LogP contribution is 2.40. The van der Waals surface area contributed by atoms with Gasteiger partial charge in [-0.15, -0.1) is 0 Å². The topological polar surface area (TPSA) is 58.3 Å².